The molecular weight excluding hydrogens is 933 g/mol. The molecule has 3 aliphatic heterocycles. The number of hydrogen-bond donors (Lipinski definition) is 11. The number of primary amides is 1. The third kappa shape index (κ3) is 17.7. The summed E-state index contributed by atoms with van der Waals surface area (Å²) in [5, 5.41) is 67.1. The van der Waals surface area contributed by atoms with Crippen LogP contribution < -0.4 is 32.3 Å². The Balaban J connectivity index is 1.62. The van der Waals surface area contributed by atoms with E-state index in [2.05, 4.69) is 47.4 Å². The molecule has 13 atom stereocenters. The molecule has 2 unspecified atom stereocenters. The number of carbonyl (C=O) groups is 8. The van der Waals surface area contributed by atoms with E-state index in [0.717, 1.165) is 47.8 Å². The van der Waals surface area contributed by atoms with Gasteiger partial charge in [-0.3, -0.25) is 38.4 Å². The van der Waals surface area contributed by atoms with Crippen molar-refractivity contribution in [1.82, 2.24) is 36.4 Å². The molecule has 21 nitrogen and oxygen atoms in total. The summed E-state index contributed by atoms with van der Waals surface area (Å²) >= 11 is 0. The Bertz CT molecular complexity index is 1990. The minimum Gasteiger partial charge on any atom is -0.508 e. The van der Waals surface area contributed by atoms with Crippen molar-refractivity contribution in [3.63, 3.8) is 0 Å². The zero-order valence-corrected chi connectivity index (χ0v) is 42.7. The number of aryl methyl sites for hydroxylation is 1. The van der Waals surface area contributed by atoms with Crippen molar-refractivity contribution in [2.45, 2.75) is 198 Å². The number of nitrogens with one attached hydrogen (secondary N) is 5. The summed E-state index contributed by atoms with van der Waals surface area (Å²) in [5.41, 5.74) is 6.02. The van der Waals surface area contributed by atoms with Crippen LogP contribution in [0.3, 0.4) is 0 Å². The first-order chi connectivity index (χ1) is 34.1. The zero-order chi connectivity index (χ0) is 53.2. The SMILES string of the molecule is CCC(C)CC(C)CCCCCCCCC(=O)N[C@@H]1CCCNC(=O)[C@@H]2[C@@H](O)[C@@H](C)CN2C(=O)[C@H]([C@H](O)CC(N)=O)NC(=O)[C@@H](CCc2ccc(O)cc2)NC(=O)[C@@H]2C[C@@H](O)CN2C(=O)[C@H]([C@@H](C)O)NC1=O. The number of benzene rings is 1. The van der Waals surface area contributed by atoms with Crippen LogP contribution in [0.15, 0.2) is 24.3 Å². The Morgan fingerprint density at radius 3 is 2.10 bits per heavy atom. The van der Waals surface area contributed by atoms with Gasteiger partial charge in [0.25, 0.3) is 0 Å². The van der Waals surface area contributed by atoms with Crippen LogP contribution in [0.25, 0.3) is 0 Å². The van der Waals surface area contributed by atoms with Crippen molar-refractivity contribution in [2.24, 2.45) is 23.5 Å². The normalized spacial score (nSPS) is 27.8. The third-order valence-corrected chi connectivity index (χ3v) is 14.3. The molecule has 0 saturated carbocycles. The van der Waals surface area contributed by atoms with Gasteiger partial charge in [-0.15, -0.1) is 0 Å². The maximum atomic E-state index is 14.5. The van der Waals surface area contributed by atoms with E-state index in [-0.39, 0.29) is 57.4 Å². The summed E-state index contributed by atoms with van der Waals surface area (Å²) in [6.07, 6.45) is 1.94. The molecule has 0 aliphatic carbocycles. The van der Waals surface area contributed by atoms with Gasteiger partial charge in [0.1, 0.15) is 42.0 Å². The molecule has 1 aromatic rings. The average Bonchev–Trinajstić information content (AvgIpc) is 3.87. The van der Waals surface area contributed by atoms with E-state index in [0.29, 0.717) is 17.9 Å². The quantitative estimate of drug-likeness (QED) is 0.0777. The van der Waals surface area contributed by atoms with Crippen LogP contribution in [0.2, 0.25) is 0 Å². The molecule has 3 heterocycles. The highest BCUT2D eigenvalue weighted by atomic mass is 16.3. The van der Waals surface area contributed by atoms with Gasteiger partial charge in [-0.1, -0.05) is 84.8 Å². The maximum Gasteiger partial charge on any atom is 0.248 e. The average molecular weight is 1020 g/mol. The van der Waals surface area contributed by atoms with Gasteiger partial charge in [-0.05, 0) is 75.0 Å². The van der Waals surface area contributed by atoms with Gasteiger partial charge in [0, 0.05) is 38.4 Å². The lowest BCUT2D eigenvalue weighted by Gasteiger charge is -2.33. The molecule has 0 aromatic heterocycles. The Morgan fingerprint density at radius 2 is 1.44 bits per heavy atom. The molecular formula is C51H82N8O13. The van der Waals surface area contributed by atoms with Gasteiger partial charge in [-0.2, -0.15) is 0 Å². The van der Waals surface area contributed by atoms with E-state index < -0.39 is 127 Å². The first kappa shape index (κ1) is 59.2. The lowest BCUT2D eigenvalue weighted by Crippen LogP contribution is -2.62. The summed E-state index contributed by atoms with van der Waals surface area (Å²) in [6, 6.07) is -3.41. The minimum absolute atomic E-state index is 0.0305. The van der Waals surface area contributed by atoms with Crippen molar-refractivity contribution in [3.8, 4) is 5.75 Å². The summed E-state index contributed by atoms with van der Waals surface area (Å²) < 4.78 is 0. The standard InChI is InChI=1S/C51H82N8O13/c1-6-29(2)24-30(3)14-11-9-7-8-10-12-16-41(65)54-36-15-13-23-53-49(70)44-45(66)31(4)27-59(44)51(72)43(39(63)26-40(52)64)57-47(68)37(22-19-33-17-20-34(61)21-18-33)55-48(69)38-25-35(62)28-58(38)50(71)42(32(5)60)56-46(36)67/h17-18,20-21,29-32,35-39,42-45,60-63,66H,6-16,19,22-28H2,1-5H3,(H2,52,64)(H,53,70)(H,54,65)(H,55,69)(H,56,67)(H,57,68)/t29?,30?,31-,32+,35+,36+,37+,38-,39+,42-,43-,44-,45-/m0/s1. The second-order valence-electron chi connectivity index (χ2n) is 20.6. The smallest absolute Gasteiger partial charge is 0.248 e. The van der Waals surface area contributed by atoms with Crippen molar-refractivity contribution in [2.75, 3.05) is 19.6 Å². The number of carbonyl (C=O) groups excluding carboxylic acids is 8. The number of hydrogen-bond acceptors (Lipinski definition) is 13. The Hall–Kier alpha value is -5.38. The van der Waals surface area contributed by atoms with Gasteiger partial charge in [0.15, 0.2) is 0 Å². The fourth-order valence-corrected chi connectivity index (χ4v) is 9.88. The number of fused-ring (bicyclic) bond motifs is 2. The molecule has 0 bridgehead atoms. The van der Waals surface area contributed by atoms with Crippen molar-refractivity contribution >= 4 is 47.3 Å². The molecule has 0 spiro atoms. The fourth-order valence-electron chi connectivity index (χ4n) is 9.88. The Morgan fingerprint density at radius 1 is 0.806 bits per heavy atom. The highest BCUT2D eigenvalue weighted by Gasteiger charge is 2.49. The molecule has 404 valence electrons. The minimum atomic E-state index is -1.94. The van der Waals surface area contributed by atoms with E-state index in [1.165, 1.54) is 38.3 Å². The number of aliphatic hydroxyl groups excluding tert-OH is 4. The maximum absolute atomic E-state index is 14.5. The lowest BCUT2D eigenvalue weighted by atomic mass is 9.91. The van der Waals surface area contributed by atoms with Crippen LogP contribution in [0.4, 0.5) is 0 Å². The molecule has 21 heteroatoms. The van der Waals surface area contributed by atoms with E-state index in [9.17, 15) is 63.9 Å². The van der Waals surface area contributed by atoms with Gasteiger partial charge < -0.3 is 67.7 Å². The zero-order valence-electron chi connectivity index (χ0n) is 42.7. The van der Waals surface area contributed by atoms with Crippen LogP contribution >= 0.6 is 0 Å². The van der Waals surface area contributed by atoms with Crippen LogP contribution in [-0.4, -0.2) is 163 Å². The summed E-state index contributed by atoms with van der Waals surface area (Å²) in [7, 11) is 0. The van der Waals surface area contributed by atoms with Crippen LogP contribution in [0.5, 0.6) is 5.75 Å². The van der Waals surface area contributed by atoms with Crippen LogP contribution in [-0.2, 0) is 44.8 Å². The van der Waals surface area contributed by atoms with Crippen molar-refractivity contribution < 1.29 is 63.9 Å². The van der Waals surface area contributed by atoms with E-state index >= 15 is 0 Å². The van der Waals surface area contributed by atoms with E-state index in [4.69, 9.17) is 5.73 Å². The predicted molar refractivity (Wildman–Crippen MR) is 265 cm³/mol. The summed E-state index contributed by atoms with van der Waals surface area (Å²) in [6.45, 7) is 8.90. The molecule has 3 saturated heterocycles. The summed E-state index contributed by atoms with van der Waals surface area (Å²) in [4.78, 5) is 113. The highest BCUT2D eigenvalue weighted by Crippen LogP contribution is 2.27. The topological polar surface area (TPSA) is 330 Å². The van der Waals surface area contributed by atoms with Crippen molar-refractivity contribution in [3.05, 3.63) is 29.8 Å². The molecule has 12 N–H and O–H groups in total. The highest BCUT2D eigenvalue weighted by molar-refractivity contribution is 5.98. The second kappa shape index (κ2) is 28.8. The van der Waals surface area contributed by atoms with Crippen LogP contribution in [0.1, 0.15) is 136 Å². The summed E-state index contributed by atoms with van der Waals surface area (Å²) in [5.74, 6) is -6.38. The number of phenolic OH excluding ortho intramolecular Hbond substituents is 1. The number of nitrogens with two attached hydrogens (primary N) is 1. The molecule has 3 fully saturated rings. The predicted octanol–water partition coefficient (Wildman–Crippen LogP) is 0.154. The molecule has 0 radical (unpaired) electrons. The lowest BCUT2D eigenvalue weighted by molar-refractivity contribution is -0.147. The molecule has 3 aliphatic rings. The van der Waals surface area contributed by atoms with Crippen LogP contribution in [0, 0.1) is 17.8 Å². The van der Waals surface area contributed by atoms with E-state index in [1.807, 2.05) is 0 Å². The second-order valence-corrected chi connectivity index (χ2v) is 20.6. The third-order valence-electron chi connectivity index (χ3n) is 14.3. The molecule has 72 heavy (non-hydrogen) atoms. The molecule has 1 aromatic carbocycles. The van der Waals surface area contributed by atoms with Gasteiger partial charge in [-0.25, -0.2) is 0 Å². The Kier molecular flexibility index (Phi) is 23.6. The van der Waals surface area contributed by atoms with Crippen molar-refractivity contribution in [1.29, 1.82) is 0 Å². The number of amides is 8. The number of nitrogens with zero attached hydrogens (tertiary/aromatic N) is 2. The fraction of sp³-hybridized carbons (Fsp3) is 0.725. The number of phenols is 1. The van der Waals surface area contributed by atoms with Gasteiger partial charge in [0.05, 0.1) is 30.8 Å². The first-order valence-corrected chi connectivity index (χ1v) is 26.0. The number of aromatic hydroxyl groups is 1. The largest absolute Gasteiger partial charge is 0.508 e. The molecule has 4 rings (SSSR count). The van der Waals surface area contributed by atoms with E-state index in [1.54, 1.807) is 19.1 Å². The van der Waals surface area contributed by atoms with Gasteiger partial charge >= 0.3 is 0 Å². The molecule has 8 amide bonds. The Labute approximate surface area is 423 Å². The monoisotopic (exact) mass is 1010 g/mol. The number of aliphatic hydroxyl groups is 4. The number of rotatable bonds is 20. The number of unbranched alkanes of at least 4 members (excludes halogenated alkanes) is 5. The van der Waals surface area contributed by atoms with Gasteiger partial charge in [0.2, 0.25) is 47.3 Å². The first-order valence-electron chi connectivity index (χ1n) is 26.0.